The first kappa shape index (κ1) is 9.42. The number of aromatic nitrogens is 3. The van der Waals surface area contributed by atoms with Crippen LogP contribution in [0.15, 0.2) is 60.0 Å². The van der Waals surface area contributed by atoms with Gasteiger partial charge in [-0.3, -0.25) is 3.97 Å². The summed E-state index contributed by atoms with van der Waals surface area (Å²) in [7, 11) is 0. The fraction of sp³-hybridized carbons (Fsp3) is 0. The number of para-hydroxylation sites is 2. The summed E-state index contributed by atoms with van der Waals surface area (Å²) in [6.07, 6.45) is 3.62. The van der Waals surface area contributed by atoms with Crippen LogP contribution in [0, 0.1) is 0 Å². The molecule has 0 spiro atoms. The number of rotatable bonds is 2. The minimum atomic E-state index is 0.964. The Morgan fingerprint density at radius 3 is 2.69 bits per heavy atom. The molecule has 0 unspecified atom stereocenters. The van der Waals surface area contributed by atoms with Crippen LogP contribution in [0.4, 0.5) is 0 Å². The van der Waals surface area contributed by atoms with Crippen LogP contribution in [0.25, 0.3) is 11.0 Å². The van der Waals surface area contributed by atoms with Crippen molar-refractivity contribution in [1.82, 2.24) is 13.9 Å². The van der Waals surface area contributed by atoms with E-state index in [1.165, 1.54) is 0 Å². The van der Waals surface area contributed by atoms with E-state index in [1.807, 2.05) is 46.7 Å². The summed E-state index contributed by atoms with van der Waals surface area (Å²) in [6, 6.07) is 13.9. The van der Waals surface area contributed by atoms with Gasteiger partial charge in [0.05, 0.1) is 11.0 Å². The van der Waals surface area contributed by atoms with Gasteiger partial charge in [-0.25, -0.2) is 9.97 Å². The Balaban J connectivity index is 2.01. The van der Waals surface area contributed by atoms with Crippen molar-refractivity contribution in [2.75, 3.05) is 0 Å². The molecule has 0 aliphatic rings. The summed E-state index contributed by atoms with van der Waals surface area (Å²) in [5.41, 5.74) is 2.11. The van der Waals surface area contributed by atoms with E-state index in [0.717, 1.165) is 16.1 Å². The van der Waals surface area contributed by atoms with Gasteiger partial charge < -0.3 is 0 Å². The summed E-state index contributed by atoms with van der Waals surface area (Å²) < 4.78 is 2.03. The number of nitrogens with zero attached hydrogens (tertiary/aromatic N) is 3. The zero-order valence-electron chi connectivity index (χ0n) is 8.45. The van der Waals surface area contributed by atoms with E-state index in [4.69, 9.17) is 0 Å². The Kier molecular flexibility index (Phi) is 2.34. The maximum Gasteiger partial charge on any atom is 0.117 e. The van der Waals surface area contributed by atoms with Crippen molar-refractivity contribution in [1.29, 1.82) is 0 Å². The highest BCUT2D eigenvalue weighted by Crippen LogP contribution is 2.22. The molecule has 3 nitrogen and oxygen atoms in total. The van der Waals surface area contributed by atoms with Crippen LogP contribution < -0.4 is 0 Å². The van der Waals surface area contributed by atoms with Crippen molar-refractivity contribution in [3.05, 3.63) is 55.0 Å². The molecule has 0 saturated heterocycles. The largest absolute Gasteiger partial charge is 0.267 e. The van der Waals surface area contributed by atoms with Gasteiger partial charge in [-0.05, 0) is 24.3 Å². The third-order valence-corrected chi connectivity index (χ3v) is 3.17. The predicted molar refractivity (Wildman–Crippen MR) is 65.2 cm³/mol. The molecule has 3 rings (SSSR count). The first-order valence-electron chi connectivity index (χ1n) is 4.95. The lowest BCUT2D eigenvalue weighted by molar-refractivity contribution is 1.12. The molecular formula is C12H9N3S. The molecule has 2 aromatic heterocycles. The molecule has 0 fully saturated rings. The first-order chi connectivity index (χ1) is 7.93. The smallest absolute Gasteiger partial charge is 0.117 e. The Morgan fingerprint density at radius 1 is 0.938 bits per heavy atom. The van der Waals surface area contributed by atoms with Crippen LogP contribution in [-0.2, 0) is 0 Å². The average molecular weight is 227 g/mol. The van der Waals surface area contributed by atoms with Crippen LogP contribution in [0.1, 0.15) is 0 Å². The van der Waals surface area contributed by atoms with Crippen molar-refractivity contribution < 1.29 is 0 Å². The number of benzene rings is 1. The molecule has 0 radical (unpaired) electrons. The molecule has 2 heterocycles. The normalized spacial score (nSPS) is 10.8. The number of hydrogen-bond acceptors (Lipinski definition) is 3. The van der Waals surface area contributed by atoms with Crippen LogP contribution in [-0.4, -0.2) is 13.9 Å². The van der Waals surface area contributed by atoms with E-state index in [1.54, 1.807) is 18.1 Å². The SMILES string of the molecule is c1ccc(Sn2cnc3ccccc32)nc1. The Labute approximate surface area is 97.3 Å². The summed E-state index contributed by atoms with van der Waals surface area (Å²) in [4.78, 5) is 8.60. The minimum absolute atomic E-state index is 0.964. The molecule has 4 heteroatoms. The van der Waals surface area contributed by atoms with Crippen molar-refractivity contribution in [3.8, 4) is 0 Å². The van der Waals surface area contributed by atoms with Crippen molar-refractivity contribution in [3.63, 3.8) is 0 Å². The van der Waals surface area contributed by atoms with Crippen LogP contribution in [0.3, 0.4) is 0 Å². The molecule has 0 amide bonds. The molecule has 0 saturated carbocycles. The van der Waals surface area contributed by atoms with Crippen molar-refractivity contribution >= 4 is 23.0 Å². The lowest BCUT2D eigenvalue weighted by Gasteiger charge is -2.01. The third kappa shape index (κ3) is 1.67. The van der Waals surface area contributed by atoms with Gasteiger partial charge in [-0.1, -0.05) is 18.2 Å². The molecule has 0 bridgehead atoms. The standard InChI is InChI=1S/C12H9N3S/c1-2-6-11-10(5-1)14-9-15(11)16-12-7-3-4-8-13-12/h1-9H. The van der Waals surface area contributed by atoms with Crippen LogP contribution in [0.2, 0.25) is 0 Å². The zero-order chi connectivity index (χ0) is 10.8. The van der Waals surface area contributed by atoms with Gasteiger partial charge in [-0.2, -0.15) is 0 Å². The molecule has 0 aliphatic carbocycles. The van der Waals surface area contributed by atoms with Gasteiger partial charge >= 0.3 is 0 Å². The molecule has 1 aromatic carbocycles. The second-order valence-corrected chi connectivity index (χ2v) is 4.31. The van der Waals surface area contributed by atoms with Gasteiger partial charge in [-0.15, -0.1) is 0 Å². The fourth-order valence-corrected chi connectivity index (χ4v) is 2.31. The van der Waals surface area contributed by atoms with E-state index < -0.39 is 0 Å². The lowest BCUT2D eigenvalue weighted by Crippen LogP contribution is -1.85. The highest BCUT2D eigenvalue weighted by Gasteiger charge is 2.03. The minimum Gasteiger partial charge on any atom is -0.267 e. The Hall–Kier alpha value is -1.81. The number of hydrogen-bond donors (Lipinski definition) is 0. The van der Waals surface area contributed by atoms with Gasteiger partial charge in [0.25, 0.3) is 0 Å². The van der Waals surface area contributed by atoms with Crippen LogP contribution >= 0.6 is 11.9 Å². The fourth-order valence-electron chi connectivity index (χ4n) is 1.51. The maximum absolute atomic E-state index is 4.33. The van der Waals surface area contributed by atoms with Gasteiger partial charge in [0.1, 0.15) is 11.4 Å². The number of imidazole rings is 1. The maximum atomic E-state index is 4.33. The topological polar surface area (TPSA) is 30.7 Å². The molecule has 3 aromatic rings. The van der Waals surface area contributed by atoms with E-state index in [2.05, 4.69) is 16.0 Å². The summed E-state index contributed by atoms with van der Waals surface area (Å²) >= 11 is 1.57. The molecule has 0 aliphatic heterocycles. The van der Waals surface area contributed by atoms with Crippen molar-refractivity contribution in [2.24, 2.45) is 0 Å². The van der Waals surface area contributed by atoms with Gasteiger partial charge in [0, 0.05) is 18.1 Å². The van der Waals surface area contributed by atoms with Crippen molar-refractivity contribution in [2.45, 2.75) is 5.03 Å². The van der Waals surface area contributed by atoms with E-state index in [9.17, 15) is 0 Å². The molecule has 16 heavy (non-hydrogen) atoms. The summed E-state index contributed by atoms with van der Waals surface area (Å²) in [5, 5.41) is 0.964. The molecule has 0 atom stereocenters. The number of pyridine rings is 1. The van der Waals surface area contributed by atoms with E-state index in [-0.39, 0.29) is 0 Å². The average Bonchev–Trinajstić information content (AvgIpc) is 2.74. The Morgan fingerprint density at radius 2 is 1.81 bits per heavy atom. The third-order valence-electron chi connectivity index (χ3n) is 2.25. The Bertz CT molecular complexity index is 604. The lowest BCUT2D eigenvalue weighted by atomic mass is 10.3. The number of fused-ring (bicyclic) bond motifs is 1. The second-order valence-electron chi connectivity index (χ2n) is 3.32. The summed E-state index contributed by atoms with van der Waals surface area (Å²) in [6.45, 7) is 0. The highest BCUT2D eigenvalue weighted by molar-refractivity contribution is 7.97. The van der Waals surface area contributed by atoms with E-state index >= 15 is 0 Å². The second kappa shape index (κ2) is 3.98. The van der Waals surface area contributed by atoms with E-state index in [0.29, 0.717) is 0 Å². The first-order valence-corrected chi connectivity index (χ1v) is 5.72. The van der Waals surface area contributed by atoms with Crippen LogP contribution in [0.5, 0.6) is 0 Å². The zero-order valence-corrected chi connectivity index (χ0v) is 9.26. The predicted octanol–water partition coefficient (Wildman–Crippen LogP) is 2.99. The molecule has 78 valence electrons. The molecular weight excluding hydrogens is 218 g/mol. The highest BCUT2D eigenvalue weighted by atomic mass is 32.2. The monoisotopic (exact) mass is 227 g/mol. The quantitative estimate of drug-likeness (QED) is 0.674. The molecule has 0 N–H and O–H groups in total. The van der Waals surface area contributed by atoms with Gasteiger partial charge in [0.15, 0.2) is 0 Å². The van der Waals surface area contributed by atoms with Gasteiger partial charge in [0.2, 0.25) is 0 Å². The summed E-state index contributed by atoms with van der Waals surface area (Å²) in [5.74, 6) is 0.